The fraction of sp³-hybridized carbons (Fsp3) is 0.333. The van der Waals surface area contributed by atoms with E-state index in [1.54, 1.807) is 0 Å². The van der Waals surface area contributed by atoms with Crippen molar-refractivity contribution in [2.75, 3.05) is 0 Å². The number of carbonyl (C=O) groups excluding carboxylic acids is 1. The third-order valence-corrected chi connectivity index (χ3v) is 6.33. The minimum atomic E-state index is -1.08. The van der Waals surface area contributed by atoms with Crippen LogP contribution in [0.5, 0.6) is 5.75 Å². The highest BCUT2D eigenvalue weighted by molar-refractivity contribution is 5.97. The van der Waals surface area contributed by atoms with E-state index in [1.165, 1.54) is 93.0 Å². The molecule has 0 saturated carbocycles. The molecule has 0 heterocycles. The number of rotatable bonds is 14. The van der Waals surface area contributed by atoms with Gasteiger partial charge in [-0.3, -0.25) is 10.1 Å². The van der Waals surface area contributed by atoms with Gasteiger partial charge in [-0.25, -0.2) is 9.59 Å². The molecule has 194 valence electrons. The van der Waals surface area contributed by atoms with Crippen molar-refractivity contribution in [3.63, 3.8) is 0 Å². The number of carboxylic acids is 1. The third-order valence-electron chi connectivity index (χ3n) is 6.33. The number of non-ortho nitro benzene ring substituents is 1. The number of aromatic carboxylic acids is 1. The van der Waals surface area contributed by atoms with E-state index < -0.39 is 16.9 Å². The van der Waals surface area contributed by atoms with Crippen LogP contribution >= 0.6 is 0 Å². The van der Waals surface area contributed by atoms with Gasteiger partial charge in [-0.2, -0.15) is 0 Å². The second-order valence-corrected chi connectivity index (χ2v) is 9.13. The number of nitro benzene ring substituents is 1. The number of benzene rings is 3. The van der Waals surface area contributed by atoms with Gasteiger partial charge in [-0.15, -0.1) is 0 Å². The molecule has 0 fully saturated rings. The molecule has 7 nitrogen and oxygen atoms in total. The van der Waals surface area contributed by atoms with Crippen LogP contribution in [0.4, 0.5) is 5.69 Å². The monoisotopic (exact) mass is 503 g/mol. The van der Waals surface area contributed by atoms with Crippen LogP contribution in [0.15, 0.2) is 66.7 Å². The summed E-state index contributed by atoms with van der Waals surface area (Å²) in [7, 11) is 0. The molecule has 0 saturated heterocycles. The Morgan fingerprint density at radius 2 is 1.46 bits per heavy atom. The zero-order valence-electron chi connectivity index (χ0n) is 21.2. The number of aryl methyl sites for hydroxylation is 1. The SMILES string of the molecule is CCCCCCCCCCc1ccc(-c2cc(OC(=O)c3ccc([N+](=O)[O-])cc3)ccc2C(=O)O)cc1. The molecule has 3 aromatic carbocycles. The second-order valence-electron chi connectivity index (χ2n) is 9.13. The van der Waals surface area contributed by atoms with Crippen molar-refractivity contribution in [1.29, 1.82) is 0 Å². The van der Waals surface area contributed by atoms with Crippen LogP contribution in [0.3, 0.4) is 0 Å². The molecule has 0 atom stereocenters. The molecule has 37 heavy (non-hydrogen) atoms. The third kappa shape index (κ3) is 8.27. The molecule has 0 aliphatic rings. The van der Waals surface area contributed by atoms with Crippen molar-refractivity contribution in [3.8, 4) is 16.9 Å². The minimum Gasteiger partial charge on any atom is -0.478 e. The van der Waals surface area contributed by atoms with Gasteiger partial charge in [-0.05, 0) is 59.9 Å². The van der Waals surface area contributed by atoms with Gasteiger partial charge in [0.25, 0.3) is 5.69 Å². The summed E-state index contributed by atoms with van der Waals surface area (Å²) in [6.45, 7) is 2.23. The molecule has 0 amide bonds. The number of hydrogen-bond donors (Lipinski definition) is 1. The lowest BCUT2D eigenvalue weighted by atomic mass is 9.97. The Morgan fingerprint density at radius 3 is 2.05 bits per heavy atom. The summed E-state index contributed by atoms with van der Waals surface area (Å²) in [5.74, 6) is -1.58. The van der Waals surface area contributed by atoms with Crippen molar-refractivity contribution in [1.82, 2.24) is 0 Å². The molecular formula is C30H33NO6. The van der Waals surface area contributed by atoms with Gasteiger partial charge in [-0.1, -0.05) is 76.1 Å². The zero-order valence-corrected chi connectivity index (χ0v) is 21.2. The molecule has 0 spiro atoms. The maximum absolute atomic E-state index is 12.5. The lowest BCUT2D eigenvalue weighted by Crippen LogP contribution is -2.09. The Morgan fingerprint density at radius 1 is 0.838 bits per heavy atom. The van der Waals surface area contributed by atoms with E-state index in [-0.39, 0.29) is 22.6 Å². The van der Waals surface area contributed by atoms with Crippen molar-refractivity contribution >= 4 is 17.6 Å². The van der Waals surface area contributed by atoms with E-state index in [1.807, 2.05) is 24.3 Å². The molecule has 3 aromatic rings. The predicted octanol–water partition coefficient (Wildman–Crippen LogP) is 7.86. The highest BCUT2D eigenvalue weighted by atomic mass is 16.6. The zero-order chi connectivity index (χ0) is 26.6. The van der Waals surface area contributed by atoms with Gasteiger partial charge in [0.15, 0.2) is 0 Å². The number of nitro groups is 1. The van der Waals surface area contributed by atoms with Gasteiger partial charge in [0.2, 0.25) is 0 Å². The van der Waals surface area contributed by atoms with Crippen molar-refractivity contribution in [2.45, 2.75) is 64.7 Å². The Hall–Kier alpha value is -4.00. The summed E-state index contributed by atoms with van der Waals surface area (Å²) in [6.07, 6.45) is 11.1. The molecule has 0 aromatic heterocycles. The van der Waals surface area contributed by atoms with E-state index in [9.17, 15) is 24.8 Å². The molecule has 0 aliphatic heterocycles. The molecule has 7 heteroatoms. The molecule has 0 radical (unpaired) electrons. The van der Waals surface area contributed by atoms with E-state index in [2.05, 4.69) is 6.92 Å². The fourth-order valence-corrected chi connectivity index (χ4v) is 4.21. The number of esters is 1. The smallest absolute Gasteiger partial charge is 0.343 e. The summed E-state index contributed by atoms with van der Waals surface area (Å²) in [5.41, 5.74) is 2.49. The summed E-state index contributed by atoms with van der Waals surface area (Å²) < 4.78 is 5.43. The first-order valence-electron chi connectivity index (χ1n) is 12.8. The summed E-state index contributed by atoms with van der Waals surface area (Å²) in [4.78, 5) is 34.6. The second kappa shape index (κ2) is 13.9. The maximum Gasteiger partial charge on any atom is 0.343 e. The number of ether oxygens (including phenoxy) is 1. The van der Waals surface area contributed by atoms with Gasteiger partial charge in [0.1, 0.15) is 5.75 Å². The minimum absolute atomic E-state index is 0.103. The number of unbranched alkanes of at least 4 members (excludes halogenated alkanes) is 7. The highest BCUT2D eigenvalue weighted by Gasteiger charge is 2.16. The average molecular weight is 504 g/mol. The lowest BCUT2D eigenvalue weighted by molar-refractivity contribution is -0.384. The lowest BCUT2D eigenvalue weighted by Gasteiger charge is -2.11. The standard InChI is InChI=1S/C30H33NO6/c1-2-3-4-5-6-7-8-9-10-22-11-13-23(14-12-22)28-21-26(19-20-27(28)29(32)33)37-30(34)24-15-17-25(18-16-24)31(35)36/h11-21H,2-10H2,1H3,(H,32,33). The quantitative estimate of drug-likeness (QED) is 0.0789. The Kier molecular flexibility index (Phi) is 10.4. The topological polar surface area (TPSA) is 107 Å². The van der Waals surface area contributed by atoms with Crippen LogP contribution in [0.1, 0.15) is 84.6 Å². The Labute approximate surface area is 217 Å². The number of nitrogens with zero attached hydrogens (tertiary/aromatic N) is 1. The Bertz CT molecular complexity index is 1200. The Balaban J connectivity index is 1.64. The molecule has 0 unspecified atom stereocenters. The number of carbonyl (C=O) groups is 2. The largest absolute Gasteiger partial charge is 0.478 e. The van der Waals surface area contributed by atoms with Gasteiger partial charge in [0.05, 0.1) is 16.1 Å². The van der Waals surface area contributed by atoms with Crippen LogP contribution < -0.4 is 4.74 Å². The van der Waals surface area contributed by atoms with E-state index in [0.29, 0.717) is 11.1 Å². The summed E-state index contributed by atoms with van der Waals surface area (Å²) in [6, 6.07) is 17.3. The number of hydrogen-bond acceptors (Lipinski definition) is 5. The van der Waals surface area contributed by atoms with Crippen molar-refractivity contribution in [2.24, 2.45) is 0 Å². The van der Waals surface area contributed by atoms with E-state index >= 15 is 0 Å². The van der Waals surface area contributed by atoms with Crippen molar-refractivity contribution in [3.05, 3.63) is 93.5 Å². The summed E-state index contributed by atoms with van der Waals surface area (Å²) in [5, 5.41) is 20.5. The molecule has 1 N–H and O–H groups in total. The number of carboxylic acid groups (broad SMARTS) is 1. The maximum atomic E-state index is 12.5. The van der Waals surface area contributed by atoms with Crippen LogP contribution in [-0.4, -0.2) is 22.0 Å². The normalized spacial score (nSPS) is 10.7. The van der Waals surface area contributed by atoms with Gasteiger partial charge >= 0.3 is 11.9 Å². The average Bonchev–Trinajstić information content (AvgIpc) is 2.90. The van der Waals surface area contributed by atoms with Crippen LogP contribution in [-0.2, 0) is 6.42 Å². The predicted molar refractivity (Wildman–Crippen MR) is 143 cm³/mol. The van der Waals surface area contributed by atoms with E-state index in [0.717, 1.165) is 12.8 Å². The van der Waals surface area contributed by atoms with Gasteiger partial charge < -0.3 is 9.84 Å². The van der Waals surface area contributed by atoms with Crippen LogP contribution in [0, 0.1) is 10.1 Å². The van der Waals surface area contributed by atoms with Crippen molar-refractivity contribution < 1.29 is 24.4 Å². The highest BCUT2D eigenvalue weighted by Crippen LogP contribution is 2.29. The molecule has 0 bridgehead atoms. The van der Waals surface area contributed by atoms with E-state index in [4.69, 9.17) is 4.74 Å². The first-order valence-corrected chi connectivity index (χ1v) is 12.8. The first-order chi connectivity index (χ1) is 17.9. The summed E-state index contributed by atoms with van der Waals surface area (Å²) >= 11 is 0. The first kappa shape index (κ1) is 27.6. The van der Waals surface area contributed by atoms with Crippen LogP contribution in [0.25, 0.3) is 11.1 Å². The molecular weight excluding hydrogens is 470 g/mol. The fourth-order valence-electron chi connectivity index (χ4n) is 4.21. The molecule has 0 aliphatic carbocycles. The van der Waals surface area contributed by atoms with Crippen LogP contribution in [0.2, 0.25) is 0 Å². The van der Waals surface area contributed by atoms with Gasteiger partial charge in [0, 0.05) is 12.1 Å². The molecule has 3 rings (SSSR count).